The zero-order valence-corrected chi connectivity index (χ0v) is 9.65. The SMILES string of the molecule is N#CCc1cnc(-c2ccc(C(F)(F)F)cc2)nc1. The molecule has 0 atom stereocenters. The third-order valence-corrected chi connectivity index (χ3v) is 2.46. The topological polar surface area (TPSA) is 49.6 Å². The fourth-order valence-electron chi connectivity index (χ4n) is 1.49. The first kappa shape index (κ1) is 13.0. The van der Waals surface area contributed by atoms with Gasteiger partial charge in [-0.1, -0.05) is 12.1 Å². The van der Waals surface area contributed by atoms with Crippen LogP contribution in [0.3, 0.4) is 0 Å². The van der Waals surface area contributed by atoms with E-state index in [1.54, 1.807) is 0 Å². The third-order valence-electron chi connectivity index (χ3n) is 2.46. The fourth-order valence-corrected chi connectivity index (χ4v) is 1.49. The minimum atomic E-state index is -4.35. The van der Waals surface area contributed by atoms with Gasteiger partial charge >= 0.3 is 6.18 Å². The first-order valence-corrected chi connectivity index (χ1v) is 5.36. The number of benzene rings is 1. The molecule has 96 valence electrons. The maximum atomic E-state index is 12.4. The Hall–Kier alpha value is -2.42. The summed E-state index contributed by atoms with van der Waals surface area (Å²) >= 11 is 0. The molecule has 0 bridgehead atoms. The lowest BCUT2D eigenvalue weighted by Crippen LogP contribution is -2.04. The predicted octanol–water partition coefficient (Wildman–Crippen LogP) is 3.23. The lowest BCUT2D eigenvalue weighted by molar-refractivity contribution is -0.137. The zero-order valence-electron chi connectivity index (χ0n) is 9.65. The molecule has 6 heteroatoms. The van der Waals surface area contributed by atoms with Crippen molar-refractivity contribution in [3.8, 4) is 17.5 Å². The lowest BCUT2D eigenvalue weighted by Gasteiger charge is -2.07. The van der Waals surface area contributed by atoms with Crippen molar-refractivity contribution in [3.05, 3.63) is 47.8 Å². The number of nitriles is 1. The van der Waals surface area contributed by atoms with Gasteiger partial charge in [-0.05, 0) is 12.1 Å². The quantitative estimate of drug-likeness (QED) is 0.835. The zero-order chi connectivity index (χ0) is 13.9. The molecule has 0 spiro atoms. The van der Waals surface area contributed by atoms with Crippen molar-refractivity contribution in [2.45, 2.75) is 12.6 Å². The number of rotatable bonds is 2. The van der Waals surface area contributed by atoms with E-state index in [2.05, 4.69) is 9.97 Å². The number of alkyl halides is 3. The molecule has 0 aliphatic rings. The normalized spacial score (nSPS) is 11.1. The van der Waals surface area contributed by atoms with E-state index >= 15 is 0 Å². The van der Waals surface area contributed by atoms with Crippen LogP contribution in [-0.4, -0.2) is 9.97 Å². The van der Waals surface area contributed by atoms with Crippen molar-refractivity contribution >= 4 is 0 Å². The molecule has 3 nitrogen and oxygen atoms in total. The van der Waals surface area contributed by atoms with Crippen LogP contribution < -0.4 is 0 Å². The van der Waals surface area contributed by atoms with Crippen LogP contribution in [0.4, 0.5) is 13.2 Å². The van der Waals surface area contributed by atoms with Gasteiger partial charge in [-0.3, -0.25) is 0 Å². The van der Waals surface area contributed by atoms with Gasteiger partial charge in [-0.25, -0.2) is 9.97 Å². The second-order valence-corrected chi connectivity index (χ2v) is 3.82. The van der Waals surface area contributed by atoms with Crippen LogP contribution in [0, 0.1) is 11.3 Å². The summed E-state index contributed by atoms with van der Waals surface area (Å²) in [4.78, 5) is 8.03. The van der Waals surface area contributed by atoms with Gasteiger partial charge in [-0.2, -0.15) is 18.4 Å². The second-order valence-electron chi connectivity index (χ2n) is 3.82. The maximum absolute atomic E-state index is 12.4. The van der Waals surface area contributed by atoms with E-state index in [4.69, 9.17) is 5.26 Å². The average Bonchev–Trinajstić information content (AvgIpc) is 2.39. The van der Waals surface area contributed by atoms with Crippen LogP contribution in [0.2, 0.25) is 0 Å². The Morgan fingerprint density at radius 3 is 2.11 bits per heavy atom. The smallest absolute Gasteiger partial charge is 0.236 e. The minimum absolute atomic E-state index is 0.202. The van der Waals surface area contributed by atoms with E-state index in [0.29, 0.717) is 17.0 Å². The summed E-state index contributed by atoms with van der Waals surface area (Å²) < 4.78 is 37.2. The van der Waals surface area contributed by atoms with Crippen molar-refractivity contribution in [2.24, 2.45) is 0 Å². The first-order valence-electron chi connectivity index (χ1n) is 5.36. The molecule has 19 heavy (non-hydrogen) atoms. The molecular weight excluding hydrogens is 255 g/mol. The van der Waals surface area contributed by atoms with Crippen molar-refractivity contribution < 1.29 is 13.2 Å². The van der Waals surface area contributed by atoms with Crippen molar-refractivity contribution in [2.75, 3.05) is 0 Å². The molecule has 1 aromatic carbocycles. The van der Waals surface area contributed by atoms with Gasteiger partial charge in [0.1, 0.15) is 0 Å². The minimum Gasteiger partial charge on any atom is -0.236 e. The summed E-state index contributed by atoms with van der Waals surface area (Å²) in [7, 11) is 0. The Balaban J connectivity index is 2.25. The molecule has 0 amide bonds. The number of nitrogens with zero attached hydrogens (tertiary/aromatic N) is 3. The standard InChI is InChI=1S/C13H8F3N3/c14-13(15,16)11-3-1-10(2-4-11)12-18-7-9(5-6-17)8-19-12/h1-4,7-8H,5H2. The summed E-state index contributed by atoms with van der Waals surface area (Å²) in [6, 6.07) is 6.58. The highest BCUT2D eigenvalue weighted by molar-refractivity contribution is 5.55. The Morgan fingerprint density at radius 2 is 1.63 bits per heavy atom. The van der Waals surface area contributed by atoms with Crippen LogP contribution in [0.1, 0.15) is 11.1 Å². The number of aromatic nitrogens is 2. The molecule has 0 saturated carbocycles. The first-order chi connectivity index (χ1) is 9.00. The van der Waals surface area contributed by atoms with E-state index in [0.717, 1.165) is 12.1 Å². The summed E-state index contributed by atoms with van der Waals surface area (Å²) in [5, 5.41) is 8.50. The second kappa shape index (κ2) is 5.06. The van der Waals surface area contributed by atoms with Crippen LogP contribution in [0.15, 0.2) is 36.7 Å². The molecule has 2 aromatic rings. The highest BCUT2D eigenvalue weighted by Crippen LogP contribution is 2.30. The van der Waals surface area contributed by atoms with Crippen molar-refractivity contribution in [3.63, 3.8) is 0 Å². The summed E-state index contributed by atoms with van der Waals surface area (Å²) in [5.41, 5.74) is 0.451. The van der Waals surface area contributed by atoms with Crippen LogP contribution in [0.25, 0.3) is 11.4 Å². The van der Waals surface area contributed by atoms with Crippen LogP contribution >= 0.6 is 0 Å². The summed E-state index contributed by atoms with van der Waals surface area (Å²) in [6.45, 7) is 0. The van der Waals surface area contributed by atoms with Crippen LogP contribution in [0.5, 0.6) is 0 Å². The van der Waals surface area contributed by atoms with Gasteiger partial charge in [0.25, 0.3) is 0 Å². The highest BCUT2D eigenvalue weighted by Gasteiger charge is 2.30. The Labute approximate surface area is 107 Å². The van der Waals surface area contributed by atoms with Crippen molar-refractivity contribution in [1.82, 2.24) is 9.97 Å². The molecular formula is C13H8F3N3. The predicted molar refractivity (Wildman–Crippen MR) is 61.8 cm³/mol. The van der Waals surface area contributed by atoms with Crippen LogP contribution in [-0.2, 0) is 12.6 Å². The monoisotopic (exact) mass is 263 g/mol. The van der Waals surface area contributed by atoms with E-state index in [-0.39, 0.29) is 6.42 Å². The van der Waals surface area contributed by atoms with E-state index in [1.165, 1.54) is 24.5 Å². The number of hydrogen-bond acceptors (Lipinski definition) is 3. The molecule has 1 aromatic heterocycles. The van der Waals surface area contributed by atoms with Crippen molar-refractivity contribution in [1.29, 1.82) is 5.26 Å². The molecule has 0 fully saturated rings. The molecule has 0 aliphatic heterocycles. The maximum Gasteiger partial charge on any atom is 0.416 e. The summed E-state index contributed by atoms with van der Waals surface area (Å²) in [6.07, 6.45) is -1.17. The Morgan fingerprint density at radius 1 is 1.05 bits per heavy atom. The number of hydrogen-bond donors (Lipinski definition) is 0. The molecule has 0 radical (unpaired) electrons. The summed E-state index contributed by atoms with van der Waals surface area (Å²) in [5.74, 6) is 0.329. The fraction of sp³-hybridized carbons (Fsp3) is 0.154. The molecule has 0 saturated heterocycles. The molecule has 0 N–H and O–H groups in total. The third kappa shape index (κ3) is 3.07. The molecule has 2 rings (SSSR count). The van der Waals surface area contributed by atoms with E-state index < -0.39 is 11.7 Å². The van der Waals surface area contributed by atoms with Gasteiger partial charge in [-0.15, -0.1) is 0 Å². The van der Waals surface area contributed by atoms with Gasteiger partial charge in [0.05, 0.1) is 18.1 Å². The Bertz CT molecular complexity index is 595. The Kier molecular flexibility index (Phi) is 3.47. The van der Waals surface area contributed by atoms with Gasteiger partial charge < -0.3 is 0 Å². The van der Waals surface area contributed by atoms with E-state index in [1.807, 2.05) is 6.07 Å². The molecule has 1 heterocycles. The molecule has 0 aliphatic carbocycles. The largest absolute Gasteiger partial charge is 0.416 e. The highest BCUT2D eigenvalue weighted by atomic mass is 19.4. The molecule has 0 unspecified atom stereocenters. The average molecular weight is 263 g/mol. The van der Waals surface area contributed by atoms with Gasteiger partial charge in [0.15, 0.2) is 5.82 Å². The van der Waals surface area contributed by atoms with E-state index in [9.17, 15) is 13.2 Å². The van der Waals surface area contributed by atoms with Gasteiger partial charge in [0.2, 0.25) is 0 Å². The number of halogens is 3. The van der Waals surface area contributed by atoms with Gasteiger partial charge in [0, 0.05) is 23.5 Å². The lowest BCUT2D eigenvalue weighted by atomic mass is 10.1.